The van der Waals surface area contributed by atoms with Crippen LogP contribution < -0.4 is 10.5 Å². The summed E-state index contributed by atoms with van der Waals surface area (Å²) in [6, 6.07) is 7.27. The molecular weight excluding hydrogens is 200 g/mol. The van der Waals surface area contributed by atoms with Crippen molar-refractivity contribution in [3.63, 3.8) is 0 Å². The monoisotopic (exact) mass is 214 g/mol. The van der Waals surface area contributed by atoms with Gasteiger partial charge in [-0.2, -0.15) is 0 Å². The topological polar surface area (TPSA) is 72.2 Å². The number of sulfonamides is 1. The number of aryl methyl sites for hydroxylation is 1. The van der Waals surface area contributed by atoms with Crippen molar-refractivity contribution in [1.29, 1.82) is 0 Å². The van der Waals surface area contributed by atoms with E-state index in [1.165, 1.54) is 7.05 Å². The number of benzene rings is 1. The van der Waals surface area contributed by atoms with E-state index in [4.69, 9.17) is 5.73 Å². The lowest BCUT2D eigenvalue weighted by atomic mass is 10.1. The maximum atomic E-state index is 11.1. The number of nitrogens with two attached hydrogens (primary N) is 1. The molecule has 0 saturated carbocycles. The van der Waals surface area contributed by atoms with Crippen LogP contribution in [0.2, 0.25) is 0 Å². The van der Waals surface area contributed by atoms with Crippen molar-refractivity contribution in [2.75, 3.05) is 18.5 Å². The maximum absolute atomic E-state index is 11.1. The van der Waals surface area contributed by atoms with Gasteiger partial charge in [0, 0.05) is 5.69 Å². The second-order valence-corrected chi connectivity index (χ2v) is 5.02. The molecule has 0 fully saturated rings. The molecule has 0 aromatic heterocycles. The van der Waals surface area contributed by atoms with Crippen molar-refractivity contribution in [3.05, 3.63) is 29.8 Å². The van der Waals surface area contributed by atoms with E-state index < -0.39 is 10.0 Å². The van der Waals surface area contributed by atoms with Crippen molar-refractivity contribution in [3.8, 4) is 0 Å². The molecule has 3 N–H and O–H groups in total. The second kappa shape index (κ2) is 4.43. The second-order valence-electron chi connectivity index (χ2n) is 2.97. The first-order valence-corrected chi connectivity index (χ1v) is 5.95. The Kier molecular flexibility index (Phi) is 3.49. The van der Waals surface area contributed by atoms with Crippen LogP contribution >= 0.6 is 0 Å². The van der Waals surface area contributed by atoms with Crippen molar-refractivity contribution in [2.24, 2.45) is 0 Å². The van der Waals surface area contributed by atoms with E-state index in [1.807, 2.05) is 18.2 Å². The van der Waals surface area contributed by atoms with Crippen LogP contribution in [0.1, 0.15) is 5.56 Å². The van der Waals surface area contributed by atoms with Gasteiger partial charge in [-0.1, -0.05) is 18.2 Å². The molecule has 1 aromatic rings. The van der Waals surface area contributed by atoms with Crippen LogP contribution in [0.25, 0.3) is 0 Å². The molecule has 0 unspecified atom stereocenters. The highest BCUT2D eigenvalue weighted by Gasteiger charge is 2.07. The van der Waals surface area contributed by atoms with Gasteiger partial charge in [-0.15, -0.1) is 0 Å². The van der Waals surface area contributed by atoms with Crippen LogP contribution in [0, 0.1) is 0 Å². The summed E-state index contributed by atoms with van der Waals surface area (Å²) >= 11 is 0. The molecule has 0 saturated heterocycles. The van der Waals surface area contributed by atoms with Crippen molar-refractivity contribution < 1.29 is 8.42 Å². The molecule has 0 amide bonds. The number of hydrogen-bond acceptors (Lipinski definition) is 3. The average Bonchev–Trinajstić information content (AvgIpc) is 2.17. The summed E-state index contributed by atoms with van der Waals surface area (Å²) in [4.78, 5) is 0. The molecule has 0 heterocycles. The zero-order valence-corrected chi connectivity index (χ0v) is 8.84. The van der Waals surface area contributed by atoms with E-state index in [1.54, 1.807) is 6.07 Å². The van der Waals surface area contributed by atoms with Crippen LogP contribution in [0.3, 0.4) is 0 Å². The highest BCUT2D eigenvalue weighted by molar-refractivity contribution is 7.89. The summed E-state index contributed by atoms with van der Waals surface area (Å²) in [5, 5.41) is 0. The number of hydrogen-bond donors (Lipinski definition) is 2. The van der Waals surface area contributed by atoms with Crippen molar-refractivity contribution in [1.82, 2.24) is 4.72 Å². The van der Waals surface area contributed by atoms with Crippen LogP contribution in [0.15, 0.2) is 24.3 Å². The molecule has 78 valence electrons. The normalized spacial score (nSPS) is 11.5. The minimum Gasteiger partial charge on any atom is -0.399 e. The van der Waals surface area contributed by atoms with Gasteiger partial charge in [0.05, 0.1) is 5.75 Å². The van der Waals surface area contributed by atoms with Gasteiger partial charge in [0.25, 0.3) is 0 Å². The Morgan fingerprint density at radius 3 is 2.57 bits per heavy atom. The summed E-state index contributed by atoms with van der Waals surface area (Å²) < 4.78 is 24.5. The highest BCUT2D eigenvalue weighted by Crippen LogP contribution is 2.11. The first kappa shape index (κ1) is 11.0. The predicted octanol–water partition coefficient (Wildman–Crippen LogP) is 0.360. The van der Waals surface area contributed by atoms with Gasteiger partial charge < -0.3 is 5.73 Å². The van der Waals surface area contributed by atoms with Crippen molar-refractivity contribution in [2.45, 2.75) is 6.42 Å². The Morgan fingerprint density at radius 2 is 2.00 bits per heavy atom. The van der Waals surface area contributed by atoms with Gasteiger partial charge in [0.1, 0.15) is 0 Å². The third kappa shape index (κ3) is 3.01. The van der Waals surface area contributed by atoms with Gasteiger partial charge in [-0.25, -0.2) is 13.1 Å². The number of nitrogen functional groups attached to an aromatic ring is 1. The molecule has 0 spiro atoms. The lowest BCUT2D eigenvalue weighted by molar-refractivity contribution is 0.587. The number of rotatable bonds is 4. The molecular formula is C9H14N2O2S. The minimum atomic E-state index is -3.14. The summed E-state index contributed by atoms with van der Waals surface area (Å²) in [6.45, 7) is 0. The summed E-state index contributed by atoms with van der Waals surface area (Å²) in [7, 11) is -1.73. The maximum Gasteiger partial charge on any atom is 0.211 e. The zero-order chi connectivity index (χ0) is 10.6. The lowest BCUT2D eigenvalue weighted by Crippen LogP contribution is -2.23. The average molecular weight is 214 g/mol. The fourth-order valence-corrected chi connectivity index (χ4v) is 1.80. The van der Waals surface area contributed by atoms with Gasteiger partial charge in [-0.3, -0.25) is 0 Å². The molecule has 4 nitrogen and oxygen atoms in total. The molecule has 0 radical (unpaired) electrons. The van der Waals surface area contributed by atoms with Gasteiger partial charge in [0.2, 0.25) is 10.0 Å². The van der Waals surface area contributed by atoms with E-state index in [-0.39, 0.29) is 5.75 Å². The first-order chi connectivity index (χ1) is 6.55. The highest BCUT2D eigenvalue weighted by atomic mass is 32.2. The SMILES string of the molecule is CNS(=O)(=O)CCc1ccccc1N. The number of anilines is 1. The Bertz CT molecular complexity index is 401. The Hall–Kier alpha value is -1.07. The smallest absolute Gasteiger partial charge is 0.211 e. The zero-order valence-electron chi connectivity index (χ0n) is 8.03. The Balaban J connectivity index is 2.68. The lowest BCUT2D eigenvalue weighted by Gasteiger charge is -2.05. The van der Waals surface area contributed by atoms with E-state index in [9.17, 15) is 8.42 Å². The molecule has 0 aliphatic heterocycles. The summed E-state index contributed by atoms with van der Waals surface area (Å²) in [5.41, 5.74) is 7.18. The molecule has 0 aliphatic rings. The molecule has 0 bridgehead atoms. The molecule has 0 atom stereocenters. The fraction of sp³-hybridized carbons (Fsp3) is 0.333. The van der Waals surface area contributed by atoms with Crippen LogP contribution in [-0.4, -0.2) is 21.2 Å². The largest absolute Gasteiger partial charge is 0.399 e. The molecule has 14 heavy (non-hydrogen) atoms. The van der Waals surface area contributed by atoms with Crippen molar-refractivity contribution >= 4 is 15.7 Å². The third-order valence-corrected chi connectivity index (χ3v) is 3.37. The Labute approximate surface area is 84.2 Å². The van der Waals surface area contributed by atoms with Gasteiger partial charge >= 0.3 is 0 Å². The fourth-order valence-electron chi connectivity index (χ4n) is 1.11. The van der Waals surface area contributed by atoms with E-state index >= 15 is 0 Å². The Morgan fingerprint density at radius 1 is 1.36 bits per heavy atom. The standard InChI is InChI=1S/C9H14N2O2S/c1-11-14(12,13)7-6-8-4-2-3-5-9(8)10/h2-5,11H,6-7,10H2,1H3. The third-order valence-electron chi connectivity index (χ3n) is 2.01. The summed E-state index contributed by atoms with van der Waals surface area (Å²) in [6.07, 6.45) is 0.440. The van der Waals surface area contributed by atoms with Crippen LogP contribution in [0.5, 0.6) is 0 Å². The number of para-hydroxylation sites is 1. The van der Waals surface area contributed by atoms with E-state index in [0.717, 1.165) is 5.56 Å². The van der Waals surface area contributed by atoms with E-state index in [2.05, 4.69) is 4.72 Å². The quantitative estimate of drug-likeness (QED) is 0.711. The molecule has 1 rings (SSSR count). The molecule has 5 heteroatoms. The summed E-state index contributed by atoms with van der Waals surface area (Å²) in [5.74, 6) is 0.0672. The van der Waals surface area contributed by atoms with Crippen LogP contribution in [-0.2, 0) is 16.4 Å². The van der Waals surface area contributed by atoms with Gasteiger partial charge in [-0.05, 0) is 25.1 Å². The number of nitrogens with one attached hydrogen (secondary N) is 1. The van der Waals surface area contributed by atoms with Crippen LogP contribution in [0.4, 0.5) is 5.69 Å². The molecule has 1 aromatic carbocycles. The first-order valence-electron chi connectivity index (χ1n) is 4.30. The van der Waals surface area contributed by atoms with E-state index in [0.29, 0.717) is 12.1 Å². The predicted molar refractivity (Wildman–Crippen MR) is 57.4 cm³/mol. The molecule has 0 aliphatic carbocycles. The van der Waals surface area contributed by atoms with Gasteiger partial charge in [0.15, 0.2) is 0 Å². The minimum absolute atomic E-state index is 0.0672.